The van der Waals surface area contributed by atoms with Crippen LogP contribution in [0.5, 0.6) is 0 Å². The zero-order valence-corrected chi connectivity index (χ0v) is 11.1. The van der Waals surface area contributed by atoms with Crippen molar-refractivity contribution in [3.8, 4) is 0 Å². The van der Waals surface area contributed by atoms with Gasteiger partial charge in [0.05, 0.1) is 5.69 Å². The Labute approximate surface area is 118 Å². The van der Waals surface area contributed by atoms with E-state index in [2.05, 4.69) is 35.3 Å². The second-order valence-electron chi connectivity index (χ2n) is 4.55. The zero-order valence-electron chi connectivity index (χ0n) is 11.1. The average molecular weight is 257 g/mol. The Bertz CT molecular complexity index is 750. The largest absolute Gasteiger partial charge is 0.256 e. The summed E-state index contributed by atoms with van der Waals surface area (Å²) in [4.78, 5) is 4.43. The smallest absolute Gasteiger partial charge is 0.0707 e. The van der Waals surface area contributed by atoms with Crippen molar-refractivity contribution < 1.29 is 0 Å². The minimum atomic E-state index is 1.00. The first-order valence-electron chi connectivity index (χ1n) is 6.67. The van der Waals surface area contributed by atoms with Gasteiger partial charge in [0, 0.05) is 11.6 Å². The van der Waals surface area contributed by atoms with Crippen LogP contribution in [-0.4, -0.2) is 4.98 Å². The third-order valence-corrected chi connectivity index (χ3v) is 3.16. The van der Waals surface area contributed by atoms with Gasteiger partial charge < -0.3 is 0 Å². The molecule has 1 nitrogen and oxygen atoms in total. The third-order valence-electron chi connectivity index (χ3n) is 3.16. The van der Waals surface area contributed by atoms with Gasteiger partial charge in [-0.2, -0.15) is 0 Å². The van der Waals surface area contributed by atoms with Gasteiger partial charge >= 0.3 is 0 Å². The molecule has 0 atom stereocenters. The van der Waals surface area contributed by atoms with Crippen molar-refractivity contribution in [2.24, 2.45) is 0 Å². The number of hydrogen-bond donors (Lipinski definition) is 0. The van der Waals surface area contributed by atoms with E-state index in [1.54, 1.807) is 0 Å². The normalized spacial score (nSPS) is 11.6. The Kier molecular flexibility index (Phi) is 3.70. The molecule has 0 N–H and O–H groups in total. The molecule has 3 rings (SSSR count). The summed E-state index contributed by atoms with van der Waals surface area (Å²) in [5, 5.41) is 2.40. The van der Waals surface area contributed by atoms with Crippen LogP contribution in [0.15, 0.2) is 79.0 Å². The summed E-state index contributed by atoms with van der Waals surface area (Å²) in [6, 6.07) is 20.6. The summed E-state index contributed by atoms with van der Waals surface area (Å²) >= 11 is 0. The van der Waals surface area contributed by atoms with Crippen LogP contribution in [0.3, 0.4) is 0 Å². The SMILES string of the molecule is C(C=Cc1nccc2ccccc12)=Cc1ccccc1. The Balaban J connectivity index is 1.83. The second-order valence-corrected chi connectivity index (χ2v) is 4.55. The van der Waals surface area contributed by atoms with Crippen LogP contribution in [0.4, 0.5) is 0 Å². The fourth-order valence-corrected chi connectivity index (χ4v) is 2.15. The molecule has 0 radical (unpaired) electrons. The summed E-state index contributed by atoms with van der Waals surface area (Å²) in [5.74, 6) is 0. The van der Waals surface area contributed by atoms with E-state index in [0.717, 1.165) is 5.69 Å². The van der Waals surface area contributed by atoms with E-state index in [1.807, 2.05) is 60.8 Å². The molecule has 2 aromatic carbocycles. The quantitative estimate of drug-likeness (QED) is 0.604. The Morgan fingerprint density at radius 3 is 2.35 bits per heavy atom. The molecule has 0 bridgehead atoms. The number of benzene rings is 2. The van der Waals surface area contributed by atoms with Gasteiger partial charge in [-0.3, -0.25) is 4.98 Å². The first kappa shape index (κ1) is 12.4. The van der Waals surface area contributed by atoms with Crippen molar-refractivity contribution in [2.45, 2.75) is 0 Å². The molecule has 3 aromatic rings. The maximum absolute atomic E-state index is 4.43. The van der Waals surface area contributed by atoms with Gasteiger partial charge in [0.2, 0.25) is 0 Å². The highest BCUT2D eigenvalue weighted by Gasteiger charge is 1.96. The topological polar surface area (TPSA) is 12.9 Å². The van der Waals surface area contributed by atoms with Crippen molar-refractivity contribution in [3.63, 3.8) is 0 Å². The van der Waals surface area contributed by atoms with Gasteiger partial charge in [-0.25, -0.2) is 0 Å². The monoisotopic (exact) mass is 257 g/mol. The van der Waals surface area contributed by atoms with Crippen molar-refractivity contribution in [2.75, 3.05) is 0 Å². The number of rotatable bonds is 3. The van der Waals surface area contributed by atoms with E-state index in [-0.39, 0.29) is 0 Å². The lowest BCUT2D eigenvalue weighted by molar-refractivity contribution is 1.33. The van der Waals surface area contributed by atoms with Crippen molar-refractivity contribution in [1.29, 1.82) is 0 Å². The minimum absolute atomic E-state index is 1.00. The number of nitrogens with zero attached hydrogens (tertiary/aromatic N) is 1. The Morgan fingerprint density at radius 2 is 1.45 bits per heavy atom. The van der Waals surface area contributed by atoms with Crippen LogP contribution in [-0.2, 0) is 0 Å². The van der Waals surface area contributed by atoms with Gasteiger partial charge in [-0.05, 0) is 23.1 Å². The molecule has 96 valence electrons. The summed E-state index contributed by atoms with van der Waals surface area (Å²) in [7, 11) is 0. The van der Waals surface area contributed by atoms with Crippen molar-refractivity contribution in [3.05, 3.63) is 90.3 Å². The lowest BCUT2D eigenvalue weighted by atomic mass is 10.1. The van der Waals surface area contributed by atoms with E-state index < -0.39 is 0 Å². The first-order chi connectivity index (χ1) is 9.93. The van der Waals surface area contributed by atoms with E-state index in [9.17, 15) is 0 Å². The minimum Gasteiger partial charge on any atom is -0.256 e. The van der Waals surface area contributed by atoms with Gasteiger partial charge in [0.25, 0.3) is 0 Å². The van der Waals surface area contributed by atoms with E-state index in [4.69, 9.17) is 0 Å². The zero-order chi connectivity index (χ0) is 13.6. The molecule has 1 heteroatoms. The standard InChI is InChI=1S/C19H15N/c1-2-8-16(9-3-1)10-4-7-13-19-18-12-6-5-11-17(18)14-15-20-19/h1-15H. The second kappa shape index (κ2) is 5.98. The number of fused-ring (bicyclic) bond motifs is 1. The molecular formula is C19H15N. The van der Waals surface area contributed by atoms with Crippen molar-refractivity contribution >= 4 is 22.9 Å². The Hall–Kier alpha value is -2.67. The van der Waals surface area contributed by atoms with Crippen LogP contribution in [0.25, 0.3) is 22.9 Å². The first-order valence-corrected chi connectivity index (χ1v) is 6.67. The average Bonchev–Trinajstić information content (AvgIpc) is 2.53. The molecule has 0 spiro atoms. The van der Waals surface area contributed by atoms with Gasteiger partial charge in [-0.15, -0.1) is 0 Å². The lowest BCUT2D eigenvalue weighted by Crippen LogP contribution is -1.82. The summed E-state index contributed by atoms with van der Waals surface area (Å²) in [6.45, 7) is 0. The van der Waals surface area contributed by atoms with Gasteiger partial charge in [0.15, 0.2) is 0 Å². The molecule has 20 heavy (non-hydrogen) atoms. The van der Waals surface area contributed by atoms with Crippen LogP contribution >= 0.6 is 0 Å². The van der Waals surface area contributed by atoms with Crippen LogP contribution in [0.2, 0.25) is 0 Å². The molecule has 0 aliphatic heterocycles. The number of allylic oxidation sites excluding steroid dienone is 2. The summed E-state index contributed by atoms with van der Waals surface area (Å²) in [5.41, 5.74) is 2.20. The van der Waals surface area contributed by atoms with Crippen LogP contribution < -0.4 is 0 Å². The third kappa shape index (κ3) is 2.83. The number of aromatic nitrogens is 1. The maximum Gasteiger partial charge on any atom is 0.0707 e. The van der Waals surface area contributed by atoms with E-state index in [1.165, 1.54) is 16.3 Å². The molecular weight excluding hydrogens is 242 g/mol. The Morgan fingerprint density at radius 1 is 0.700 bits per heavy atom. The molecule has 1 heterocycles. The summed E-state index contributed by atoms with van der Waals surface area (Å²) < 4.78 is 0. The molecule has 0 unspecified atom stereocenters. The van der Waals surface area contributed by atoms with Gasteiger partial charge in [0.1, 0.15) is 0 Å². The molecule has 0 saturated carbocycles. The maximum atomic E-state index is 4.43. The molecule has 0 saturated heterocycles. The number of pyridine rings is 1. The predicted octanol–water partition coefficient (Wildman–Crippen LogP) is 4.96. The molecule has 0 fully saturated rings. The molecule has 0 aliphatic carbocycles. The highest BCUT2D eigenvalue weighted by molar-refractivity contribution is 5.88. The highest BCUT2D eigenvalue weighted by atomic mass is 14.7. The summed E-state index contributed by atoms with van der Waals surface area (Å²) in [6.07, 6.45) is 10.0. The lowest BCUT2D eigenvalue weighted by Gasteiger charge is -1.99. The predicted molar refractivity (Wildman–Crippen MR) is 86.3 cm³/mol. The van der Waals surface area contributed by atoms with E-state index >= 15 is 0 Å². The fourth-order valence-electron chi connectivity index (χ4n) is 2.15. The van der Waals surface area contributed by atoms with Crippen LogP contribution in [0, 0.1) is 0 Å². The van der Waals surface area contributed by atoms with Gasteiger partial charge in [-0.1, -0.05) is 72.8 Å². The molecule has 0 aliphatic rings. The van der Waals surface area contributed by atoms with Crippen molar-refractivity contribution in [1.82, 2.24) is 4.98 Å². The number of hydrogen-bond acceptors (Lipinski definition) is 1. The van der Waals surface area contributed by atoms with Crippen LogP contribution in [0.1, 0.15) is 11.3 Å². The molecule has 1 aromatic heterocycles. The molecule has 0 amide bonds. The fraction of sp³-hybridized carbons (Fsp3) is 0. The van der Waals surface area contributed by atoms with E-state index in [0.29, 0.717) is 0 Å². The highest BCUT2D eigenvalue weighted by Crippen LogP contribution is 2.17.